The van der Waals surface area contributed by atoms with E-state index in [1.165, 1.54) is 0 Å². The molecule has 6 nitrogen and oxygen atoms in total. The zero-order valence-corrected chi connectivity index (χ0v) is 11.7. The lowest BCUT2D eigenvalue weighted by Crippen LogP contribution is -2.51. The van der Waals surface area contributed by atoms with Gasteiger partial charge < -0.3 is 15.1 Å². The maximum atomic E-state index is 12.2. The molecule has 0 aliphatic carbocycles. The van der Waals surface area contributed by atoms with Crippen molar-refractivity contribution in [1.82, 2.24) is 20.4 Å². The summed E-state index contributed by atoms with van der Waals surface area (Å²) in [6.45, 7) is 3.10. The zero-order valence-electron chi connectivity index (χ0n) is 10.9. The van der Waals surface area contributed by atoms with Crippen molar-refractivity contribution in [3.63, 3.8) is 0 Å². The van der Waals surface area contributed by atoms with Crippen LogP contribution in [0.5, 0.6) is 0 Å². The molecule has 3 rings (SSSR count). The Balaban J connectivity index is 1.51. The number of hydrogen-bond acceptors (Lipinski definition) is 4. The third-order valence-electron chi connectivity index (χ3n) is 4.12. The van der Waals surface area contributed by atoms with Crippen molar-refractivity contribution < 1.29 is 9.59 Å². The van der Waals surface area contributed by atoms with E-state index in [0.717, 1.165) is 50.7 Å². The van der Waals surface area contributed by atoms with Crippen LogP contribution in [0.4, 0.5) is 4.79 Å². The van der Waals surface area contributed by atoms with E-state index < -0.39 is 0 Å². The highest BCUT2D eigenvalue weighted by Crippen LogP contribution is 2.20. The second-order valence-electron chi connectivity index (χ2n) is 5.25. The number of nitrogens with one attached hydrogen (secondary N) is 2. The Morgan fingerprint density at radius 2 is 2.05 bits per heavy atom. The number of nitrogens with zero attached hydrogens (tertiary/aromatic N) is 2. The summed E-state index contributed by atoms with van der Waals surface area (Å²) in [5, 5.41) is 6.06. The van der Waals surface area contributed by atoms with Crippen LogP contribution in [0.25, 0.3) is 0 Å². The number of piperidine rings is 1. The Kier molecular flexibility index (Phi) is 3.83. The monoisotopic (exact) mass is 284 g/mol. The van der Waals surface area contributed by atoms with E-state index in [4.69, 9.17) is 0 Å². The van der Waals surface area contributed by atoms with Crippen LogP contribution in [-0.4, -0.2) is 71.6 Å². The quantitative estimate of drug-likeness (QED) is 0.728. The predicted octanol–water partition coefficient (Wildman–Crippen LogP) is -0.335. The average Bonchev–Trinajstić information content (AvgIpc) is 3.09. The van der Waals surface area contributed by atoms with E-state index in [1.54, 1.807) is 11.8 Å². The van der Waals surface area contributed by atoms with Gasteiger partial charge in [-0.25, -0.2) is 4.79 Å². The van der Waals surface area contributed by atoms with Crippen LogP contribution in [0, 0.1) is 0 Å². The van der Waals surface area contributed by atoms with Crippen molar-refractivity contribution in [1.29, 1.82) is 0 Å². The molecule has 3 aliphatic heterocycles. The number of thioether (sulfide) groups is 1. The first-order valence-electron chi connectivity index (χ1n) is 6.90. The van der Waals surface area contributed by atoms with Crippen LogP contribution < -0.4 is 10.6 Å². The van der Waals surface area contributed by atoms with Gasteiger partial charge in [-0.05, 0) is 12.8 Å². The van der Waals surface area contributed by atoms with Crippen molar-refractivity contribution >= 4 is 23.7 Å². The van der Waals surface area contributed by atoms with E-state index in [9.17, 15) is 9.59 Å². The first-order chi connectivity index (χ1) is 9.25. The van der Waals surface area contributed by atoms with Gasteiger partial charge in [0.05, 0.1) is 6.04 Å². The standard InChI is InChI=1S/C12H20N4O2S/c17-11(10-7-19-8-14-10)15-4-1-9(2-5-15)16-6-3-13-12(16)18/h9-10,14H,1-8H2,(H,13,18). The number of carbonyl (C=O) groups excluding carboxylic acids is 2. The molecule has 2 N–H and O–H groups in total. The number of carbonyl (C=O) groups is 2. The molecule has 1 unspecified atom stereocenters. The van der Waals surface area contributed by atoms with Crippen molar-refractivity contribution in [2.75, 3.05) is 37.8 Å². The Morgan fingerprint density at radius 3 is 2.63 bits per heavy atom. The number of amides is 3. The summed E-state index contributed by atoms with van der Waals surface area (Å²) in [5.41, 5.74) is 0. The van der Waals surface area contributed by atoms with Gasteiger partial charge in [0.15, 0.2) is 0 Å². The average molecular weight is 284 g/mol. The SMILES string of the molecule is O=C(C1CSCN1)N1CCC(N2CCNC2=O)CC1. The topological polar surface area (TPSA) is 64.7 Å². The number of urea groups is 1. The molecule has 106 valence electrons. The summed E-state index contributed by atoms with van der Waals surface area (Å²) < 4.78 is 0. The van der Waals surface area contributed by atoms with E-state index in [1.807, 2.05) is 9.80 Å². The fourth-order valence-electron chi connectivity index (χ4n) is 3.01. The first kappa shape index (κ1) is 13.1. The molecule has 3 aliphatic rings. The summed E-state index contributed by atoms with van der Waals surface area (Å²) in [6.07, 6.45) is 1.80. The first-order valence-corrected chi connectivity index (χ1v) is 8.05. The van der Waals surface area contributed by atoms with Gasteiger partial charge >= 0.3 is 6.03 Å². The van der Waals surface area contributed by atoms with Crippen LogP contribution >= 0.6 is 11.8 Å². The largest absolute Gasteiger partial charge is 0.341 e. The normalized spacial score (nSPS) is 28.8. The number of hydrogen-bond donors (Lipinski definition) is 2. The van der Waals surface area contributed by atoms with Crippen LogP contribution in [0.15, 0.2) is 0 Å². The maximum absolute atomic E-state index is 12.2. The van der Waals surface area contributed by atoms with Gasteiger partial charge in [-0.1, -0.05) is 0 Å². The molecule has 3 amide bonds. The Labute approximate surface area is 117 Å². The lowest BCUT2D eigenvalue weighted by atomic mass is 10.0. The molecule has 19 heavy (non-hydrogen) atoms. The van der Waals surface area contributed by atoms with Gasteiger partial charge in [0.2, 0.25) is 5.91 Å². The molecular weight excluding hydrogens is 264 g/mol. The van der Waals surface area contributed by atoms with Crippen molar-refractivity contribution in [2.24, 2.45) is 0 Å². The number of rotatable bonds is 2. The molecule has 0 radical (unpaired) electrons. The van der Waals surface area contributed by atoms with Crippen LogP contribution in [-0.2, 0) is 4.79 Å². The Hall–Kier alpha value is -0.950. The molecule has 7 heteroatoms. The molecule has 0 spiro atoms. The molecule has 0 aromatic rings. The molecule has 0 saturated carbocycles. The smallest absolute Gasteiger partial charge is 0.317 e. The minimum atomic E-state index is -0.00312. The summed E-state index contributed by atoms with van der Waals surface area (Å²) in [6, 6.07) is 0.354. The Bertz CT molecular complexity index is 365. The summed E-state index contributed by atoms with van der Waals surface area (Å²) >= 11 is 1.78. The van der Waals surface area contributed by atoms with E-state index in [0.29, 0.717) is 6.04 Å². The highest BCUT2D eigenvalue weighted by atomic mass is 32.2. The highest BCUT2D eigenvalue weighted by Gasteiger charge is 2.34. The van der Waals surface area contributed by atoms with E-state index >= 15 is 0 Å². The van der Waals surface area contributed by atoms with Crippen molar-refractivity contribution in [3.8, 4) is 0 Å². The molecule has 3 fully saturated rings. The fourth-order valence-corrected chi connectivity index (χ4v) is 3.94. The molecule has 3 heterocycles. The van der Waals surface area contributed by atoms with Gasteiger partial charge in [0.1, 0.15) is 0 Å². The molecule has 0 aromatic carbocycles. The van der Waals surface area contributed by atoms with Gasteiger partial charge in [-0.2, -0.15) is 0 Å². The lowest BCUT2D eigenvalue weighted by molar-refractivity contribution is -0.134. The lowest BCUT2D eigenvalue weighted by Gasteiger charge is -2.37. The fraction of sp³-hybridized carbons (Fsp3) is 0.833. The second-order valence-corrected chi connectivity index (χ2v) is 6.28. The van der Waals surface area contributed by atoms with Crippen LogP contribution in [0.2, 0.25) is 0 Å². The molecule has 1 atom stereocenters. The third kappa shape index (κ3) is 2.67. The summed E-state index contributed by atoms with van der Waals surface area (Å²) in [5.74, 6) is 1.99. The molecular formula is C12H20N4O2S. The van der Waals surface area contributed by atoms with Crippen LogP contribution in [0.3, 0.4) is 0 Å². The Morgan fingerprint density at radius 1 is 1.26 bits per heavy atom. The summed E-state index contributed by atoms with van der Waals surface area (Å²) in [7, 11) is 0. The van der Waals surface area contributed by atoms with E-state index in [-0.39, 0.29) is 18.0 Å². The maximum Gasteiger partial charge on any atom is 0.317 e. The second kappa shape index (κ2) is 5.58. The van der Waals surface area contributed by atoms with Crippen molar-refractivity contribution in [3.05, 3.63) is 0 Å². The molecule has 3 saturated heterocycles. The van der Waals surface area contributed by atoms with Gasteiger partial charge in [0, 0.05) is 43.9 Å². The highest BCUT2D eigenvalue weighted by molar-refractivity contribution is 7.99. The minimum Gasteiger partial charge on any atom is -0.341 e. The summed E-state index contributed by atoms with van der Waals surface area (Å²) in [4.78, 5) is 27.7. The zero-order chi connectivity index (χ0) is 13.2. The van der Waals surface area contributed by atoms with Crippen molar-refractivity contribution in [2.45, 2.75) is 24.9 Å². The number of likely N-dealkylation sites (tertiary alicyclic amines) is 1. The molecule has 0 bridgehead atoms. The third-order valence-corrected chi connectivity index (χ3v) is 5.06. The van der Waals surface area contributed by atoms with Crippen LogP contribution in [0.1, 0.15) is 12.8 Å². The minimum absolute atomic E-state index is 0.00312. The van der Waals surface area contributed by atoms with E-state index in [2.05, 4.69) is 10.6 Å². The van der Waals surface area contributed by atoms with Gasteiger partial charge in [-0.15, -0.1) is 11.8 Å². The molecule has 0 aromatic heterocycles. The predicted molar refractivity (Wildman–Crippen MR) is 74.0 cm³/mol. The van der Waals surface area contributed by atoms with Gasteiger partial charge in [0.25, 0.3) is 0 Å². The van der Waals surface area contributed by atoms with Gasteiger partial charge in [-0.3, -0.25) is 10.1 Å².